The Labute approximate surface area is 106 Å². The first-order valence-electron chi connectivity index (χ1n) is 5.96. The quantitative estimate of drug-likeness (QED) is 0.317. The average molecular weight is 251 g/mol. The number of nitrogens with zero attached hydrogens (tertiary/aromatic N) is 3. The first-order chi connectivity index (χ1) is 8.85. The van der Waals surface area contributed by atoms with Gasteiger partial charge < -0.3 is 0 Å². The summed E-state index contributed by atoms with van der Waals surface area (Å²) in [5.41, 5.74) is 0. The molecule has 0 aliphatic rings. The third-order valence-corrected chi connectivity index (χ3v) is 2.56. The Kier molecular flexibility index (Phi) is 11.8. The van der Waals surface area contributed by atoms with Gasteiger partial charge in [0, 0.05) is 0 Å². The molecule has 98 valence electrons. The lowest BCUT2D eigenvalue weighted by Crippen LogP contribution is -2.06. The van der Waals surface area contributed by atoms with Crippen molar-refractivity contribution < 1.29 is 14.4 Å². The number of hydrogen-bond acceptors (Lipinski definition) is 6. The van der Waals surface area contributed by atoms with Crippen molar-refractivity contribution in [2.45, 2.75) is 32.1 Å². The molecule has 0 N–H and O–H groups in total. The smallest absolute Gasteiger partial charge is 0.211 e. The van der Waals surface area contributed by atoms with E-state index in [0.29, 0.717) is 19.6 Å². The molecule has 0 fully saturated rings. The Morgan fingerprint density at radius 3 is 1.89 bits per heavy atom. The van der Waals surface area contributed by atoms with Crippen LogP contribution in [0.4, 0.5) is 0 Å². The summed E-state index contributed by atoms with van der Waals surface area (Å²) in [6.45, 7) is 1.40. The Bertz CT molecular complexity index is 352. The van der Waals surface area contributed by atoms with Crippen molar-refractivity contribution in [3.63, 3.8) is 0 Å². The Morgan fingerprint density at radius 2 is 1.28 bits per heavy atom. The molecule has 0 aliphatic carbocycles. The SMILES string of the molecule is O=C=NCCCC[C@H](CCCN=C=O)CN=C=O. The van der Waals surface area contributed by atoms with Crippen molar-refractivity contribution in [2.24, 2.45) is 20.9 Å². The lowest BCUT2D eigenvalue weighted by Gasteiger charge is -2.12. The summed E-state index contributed by atoms with van der Waals surface area (Å²) in [6, 6.07) is 0. The van der Waals surface area contributed by atoms with Gasteiger partial charge in [0.15, 0.2) is 0 Å². The van der Waals surface area contributed by atoms with E-state index in [4.69, 9.17) is 0 Å². The largest absolute Gasteiger partial charge is 0.234 e. The van der Waals surface area contributed by atoms with Gasteiger partial charge in [0.2, 0.25) is 18.2 Å². The van der Waals surface area contributed by atoms with E-state index in [0.717, 1.165) is 32.1 Å². The second-order valence-corrected chi connectivity index (χ2v) is 3.88. The fraction of sp³-hybridized carbons (Fsp3) is 0.750. The molecule has 0 amide bonds. The van der Waals surface area contributed by atoms with Gasteiger partial charge in [0.1, 0.15) is 0 Å². The first-order valence-corrected chi connectivity index (χ1v) is 5.96. The molecule has 0 saturated carbocycles. The zero-order chi connectivity index (χ0) is 13.5. The van der Waals surface area contributed by atoms with Crippen molar-refractivity contribution in [3.8, 4) is 0 Å². The van der Waals surface area contributed by atoms with Crippen LogP contribution in [0.3, 0.4) is 0 Å². The maximum absolute atomic E-state index is 10.1. The second kappa shape index (κ2) is 13.2. The van der Waals surface area contributed by atoms with Crippen LogP contribution in [0.5, 0.6) is 0 Å². The highest BCUT2D eigenvalue weighted by Gasteiger charge is 2.07. The van der Waals surface area contributed by atoms with Crippen LogP contribution < -0.4 is 0 Å². The summed E-state index contributed by atoms with van der Waals surface area (Å²) in [4.78, 5) is 40.4. The molecular weight excluding hydrogens is 234 g/mol. The van der Waals surface area contributed by atoms with Crippen LogP contribution in [0.2, 0.25) is 0 Å². The van der Waals surface area contributed by atoms with Gasteiger partial charge in [0.25, 0.3) is 0 Å². The maximum atomic E-state index is 10.1. The summed E-state index contributed by atoms with van der Waals surface area (Å²) < 4.78 is 0. The number of isocyanates is 3. The summed E-state index contributed by atoms with van der Waals surface area (Å²) in [6.07, 6.45) is 8.80. The highest BCUT2D eigenvalue weighted by molar-refractivity contribution is 5.33. The van der Waals surface area contributed by atoms with Gasteiger partial charge in [-0.1, -0.05) is 6.42 Å². The molecule has 0 saturated heterocycles. The zero-order valence-corrected chi connectivity index (χ0v) is 10.3. The van der Waals surface area contributed by atoms with E-state index in [1.807, 2.05) is 0 Å². The molecule has 0 aromatic rings. The fourth-order valence-electron chi connectivity index (χ4n) is 1.67. The van der Waals surface area contributed by atoms with Crippen LogP contribution in [0.25, 0.3) is 0 Å². The highest BCUT2D eigenvalue weighted by atomic mass is 16.1. The van der Waals surface area contributed by atoms with E-state index < -0.39 is 0 Å². The number of aliphatic imine (C=N–C) groups is 3. The molecule has 0 aliphatic heterocycles. The minimum absolute atomic E-state index is 0.286. The van der Waals surface area contributed by atoms with Crippen LogP contribution in [-0.2, 0) is 14.4 Å². The van der Waals surface area contributed by atoms with Crippen molar-refractivity contribution in [2.75, 3.05) is 19.6 Å². The molecule has 6 heteroatoms. The van der Waals surface area contributed by atoms with Gasteiger partial charge in [-0.25, -0.2) is 29.4 Å². The predicted octanol–water partition coefficient (Wildman–Crippen LogP) is 1.56. The third kappa shape index (κ3) is 10.7. The van der Waals surface area contributed by atoms with E-state index in [1.165, 1.54) is 18.2 Å². The van der Waals surface area contributed by atoms with Gasteiger partial charge >= 0.3 is 0 Å². The average Bonchev–Trinajstić information content (AvgIpc) is 2.39. The summed E-state index contributed by atoms with van der Waals surface area (Å²) in [7, 11) is 0. The molecule has 0 aromatic heterocycles. The fourth-order valence-corrected chi connectivity index (χ4v) is 1.67. The molecule has 0 heterocycles. The van der Waals surface area contributed by atoms with E-state index in [2.05, 4.69) is 15.0 Å². The number of unbranched alkanes of at least 4 members (excludes halogenated alkanes) is 1. The standard InChI is InChI=1S/C12H17N3O3/c16-9-13-6-2-1-4-12(8-15-11-18)5-3-7-14-10-17/h12H,1-8H2/t12-/m1/s1. The second-order valence-electron chi connectivity index (χ2n) is 3.88. The summed E-state index contributed by atoms with van der Waals surface area (Å²) >= 11 is 0. The molecule has 0 radical (unpaired) electrons. The molecule has 0 unspecified atom stereocenters. The van der Waals surface area contributed by atoms with Crippen LogP contribution in [0.1, 0.15) is 32.1 Å². The minimum Gasteiger partial charge on any atom is -0.211 e. The van der Waals surface area contributed by atoms with Crippen LogP contribution >= 0.6 is 0 Å². The van der Waals surface area contributed by atoms with Gasteiger partial charge in [-0.05, 0) is 31.6 Å². The molecule has 0 rings (SSSR count). The lowest BCUT2D eigenvalue weighted by atomic mass is 9.97. The van der Waals surface area contributed by atoms with E-state index in [9.17, 15) is 14.4 Å². The first kappa shape index (κ1) is 16.1. The predicted molar refractivity (Wildman–Crippen MR) is 65.5 cm³/mol. The van der Waals surface area contributed by atoms with Crippen molar-refractivity contribution >= 4 is 18.2 Å². The topological polar surface area (TPSA) is 88.3 Å². The van der Waals surface area contributed by atoms with Crippen molar-refractivity contribution in [1.29, 1.82) is 0 Å². The van der Waals surface area contributed by atoms with E-state index in [-0.39, 0.29) is 5.92 Å². The number of hydrogen-bond donors (Lipinski definition) is 0. The highest BCUT2D eigenvalue weighted by Crippen LogP contribution is 2.15. The van der Waals surface area contributed by atoms with Gasteiger partial charge in [-0.15, -0.1) is 0 Å². The number of rotatable bonds is 11. The van der Waals surface area contributed by atoms with E-state index >= 15 is 0 Å². The lowest BCUT2D eigenvalue weighted by molar-refractivity contribution is 0.430. The van der Waals surface area contributed by atoms with E-state index in [1.54, 1.807) is 0 Å². The van der Waals surface area contributed by atoms with Gasteiger partial charge in [0.05, 0.1) is 19.6 Å². The Hall–Kier alpha value is -1.86. The minimum atomic E-state index is 0.286. The monoisotopic (exact) mass is 251 g/mol. The molecule has 18 heavy (non-hydrogen) atoms. The van der Waals surface area contributed by atoms with Gasteiger partial charge in [-0.2, -0.15) is 0 Å². The summed E-state index contributed by atoms with van der Waals surface area (Å²) in [5.74, 6) is 0.286. The van der Waals surface area contributed by atoms with Crippen LogP contribution in [0, 0.1) is 5.92 Å². The molecule has 1 atom stereocenters. The van der Waals surface area contributed by atoms with Crippen molar-refractivity contribution in [1.82, 2.24) is 0 Å². The molecular formula is C12H17N3O3. The zero-order valence-electron chi connectivity index (χ0n) is 10.3. The molecule has 0 bridgehead atoms. The maximum Gasteiger partial charge on any atom is 0.234 e. The van der Waals surface area contributed by atoms with Crippen LogP contribution in [-0.4, -0.2) is 37.9 Å². The molecule has 0 spiro atoms. The summed E-state index contributed by atoms with van der Waals surface area (Å²) in [5, 5.41) is 0. The molecule has 6 nitrogen and oxygen atoms in total. The Balaban J connectivity index is 3.85. The van der Waals surface area contributed by atoms with Crippen LogP contribution in [0.15, 0.2) is 15.0 Å². The Morgan fingerprint density at radius 1 is 0.722 bits per heavy atom. The van der Waals surface area contributed by atoms with Gasteiger partial charge in [-0.3, -0.25) is 0 Å². The third-order valence-electron chi connectivity index (χ3n) is 2.56. The van der Waals surface area contributed by atoms with Crippen molar-refractivity contribution in [3.05, 3.63) is 0 Å². The number of carbonyl (C=O) groups excluding carboxylic acids is 3. The normalized spacial score (nSPS) is 10.7. The molecule has 0 aromatic carbocycles.